The first kappa shape index (κ1) is 14.5. The van der Waals surface area contributed by atoms with Gasteiger partial charge in [0.15, 0.2) is 0 Å². The van der Waals surface area contributed by atoms with Gasteiger partial charge in [-0.05, 0) is 44.4 Å². The molecule has 1 amide bonds. The van der Waals surface area contributed by atoms with Gasteiger partial charge in [0.1, 0.15) is 0 Å². The largest absolute Gasteiger partial charge is 0.352 e. The van der Waals surface area contributed by atoms with Crippen molar-refractivity contribution in [2.75, 3.05) is 11.5 Å². The predicted octanol–water partition coefficient (Wildman–Crippen LogP) is 1.32. The Kier molecular flexibility index (Phi) is 4.76. The van der Waals surface area contributed by atoms with Gasteiger partial charge < -0.3 is 10.6 Å². The number of carbonyl (C=O) groups excluding carboxylic acids is 1. The van der Waals surface area contributed by atoms with Gasteiger partial charge in [-0.25, -0.2) is 0 Å². The third-order valence-corrected chi connectivity index (χ3v) is 6.58. The summed E-state index contributed by atoms with van der Waals surface area (Å²) >= 11 is 0. The molecule has 0 aromatic heterocycles. The number of hydrogen-bond donors (Lipinski definition) is 2. The van der Waals surface area contributed by atoms with Gasteiger partial charge in [-0.1, -0.05) is 12.8 Å². The molecule has 0 bridgehead atoms. The van der Waals surface area contributed by atoms with E-state index in [2.05, 4.69) is 10.6 Å². The second kappa shape index (κ2) is 6.56. The van der Waals surface area contributed by atoms with Crippen LogP contribution in [0.1, 0.15) is 51.4 Å². The maximum atomic E-state index is 12.4. The highest BCUT2D eigenvalue weighted by atomic mass is 32.2. The molecular formula is C15H26N2O2S. The van der Waals surface area contributed by atoms with E-state index in [4.69, 9.17) is 0 Å². The van der Waals surface area contributed by atoms with Crippen molar-refractivity contribution < 1.29 is 9.00 Å². The molecule has 2 saturated heterocycles. The van der Waals surface area contributed by atoms with Gasteiger partial charge in [0.05, 0.1) is 6.04 Å². The monoisotopic (exact) mass is 298 g/mol. The maximum Gasteiger partial charge on any atom is 0.237 e. The normalized spacial score (nSPS) is 41.7. The summed E-state index contributed by atoms with van der Waals surface area (Å²) in [7, 11) is -0.653. The predicted molar refractivity (Wildman–Crippen MR) is 80.9 cm³/mol. The minimum Gasteiger partial charge on any atom is -0.352 e. The molecular weight excluding hydrogens is 272 g/mol. The van der Waals surface area contributed by atoms with Crippen molar-refractivity contribution in [2.45, 2.75) is 69.5 Å². The molecule has 114 valence electrons. The van der Waals surface area contributed by atoms with Gasteiger partial charge in [-0.3, -0.25) is 9.00 Å². The van der Waals surface area contributed by atoms with Crippen LogP contribution in [0.2, 0.25) is 0 Å². The Morgan fingerprint density at radius 2 is 1.75 bits per heavy atom. The molecule has 1 aliphatic carbocycles. The van der Waals surface area contributed by atoms with Crippen molar-refractivity contribution in [2.24, 2.45) is 5.92 Å². The summed E-state index contributed by atoms with van der Waals surface area (Å²) in [6.45, 7) is 0. The molecule has 5 heteroatoms. The second-order valence-corrected chi connectivity index (χ2v) is 8.27. The highest BCUT2D eigenvalue weighted by molar-refractivity contribution is 7.85. The fourth-order valence-corrected chi connectivity index (χ4v) is 5.24. The van der Waals surface area contributed by atoms with Crippen molar-refractivity contribution in [1.82, 2.24) is 10.6 Å². The average molecular weight is 298 g/mol. The smallest absolute Gasteiger partial charge is 0.237 e. The maximum absolute atomic E-state index is 12.4. The molecule has 2 N–H and O–H groups in total. The zero-order valence-corrected chi connectivity index (χ0v) is 12.9. The Bertz CT molecular complexity index is 378. The molecule has 2 heterocycles. The van der Waals surface area contributed by atoms with Gasteiger partial charge in [-0.15, -0.1) is 0 Å². The highest BCUT2D eigenvalue weighted by Gasteiger charge is 2.35. The molecule has 0 spiro atoms. The lowest BCUT2D eigenvalue weighted by molar-refractivity contribution is -0.125. The Morgan fingerprint density at radius 1 is 1.00 bits per heavy atom. The molecule has 2 aliphatic heterocycles. The molecule has 4 nitrogen and oxygen atoms in total. The van der Waals surface area contributed by atoms with E-state index in [-0.39, 0.29) is 18.0 Å². The Balaban J connectivity index is 1.49. The summed E-state index contributed by atoms with van der Waals surface area (Å²) in [5.74, 6) is 2.46. The molecule has 3 aliphatic rings. The van der Waals surface area contributed by atoms with Crippen LogP contribution in [0.5, 0.6) is 0 Å². The van der Waals surface area contributed by atoms with Crippen LogP contribution < -0.4 is 10.6 Å². The van der Waals surface area contributed by atoms with Crippen LogP contribution in [0.25, 0.3) is 0 Å². The number of piperidine rings is 1. The average Bonchev–Trinajstić information content (AvgIpc) is 2.49. The van der Waals surface area contributed by atoms with E-state index >= 15 is 0 Å². The van der Waals surface area contributed by atoms with Crippen molar-refractivity contribution >= 4 is 16.7 Å². The first-order valence-electron chi connectivity index (χ1n) is 8.14. The number of hydrogen-bond acceptors (Lipinski definition) is 3. The minimum atomic E-state index is -0.653. The van der Waals surface area contributed by atoms with Crippen LogP contribution in [0.4, 0.5) is 0 Å². The third kappa shape index (κ3) is 3.42. The van der Waals surface area contributed by atoms with Gasteiger partial charge in [-0.2, -0.15) is 0 Å². The third-order valence-electron chi connectivity index (χ3n) is 5.20. The summed E-state index contributed by atoms with van der Waals surface area (Å²) in [4.78, 5) is 12.4. The van der Waals surface area contributed by atoms with Crippen molar-refractivity contribution in [3.63, 3.8) is 0 Å². The first-order valence-corrected chi connectivity index (χ1v) is 9.62. The number of fused-ring (bicyclic) bond motifs is 1. The number of rotatable bonds is 2. The van der Waals surface area contributed by atoms with Crippen molar-refractivity contribution in [3.05, 3.63) is 0 Å². The van der Waals surface area contributed by atoms with E-state index in [1.54, 1.807) is 0 Å². The first-order chi connectivity index (χ1) is 9.72. The summed E-state index contributed by atoms with van der Waals surface area (Å²) in [6, 6.07) is 0.806. The zero-order chi connectivity index (χ0) is 13.9. The Morgan fingerprint density at radius 3 is 2.55 bits per heavy atom. The highest BCUT2D eigenvalue weighted by Crippen LogP contribution is 2.32. The van der Waals surface area contributed by atoms with Crippen LogP contribution in [0, 0.1) is 5.92 Å². The molecule has 0 aromatic carbocycles. The standard InChI is InChI=1S/C15H26N2O2S/c18-15(16-12-7-9-20(19)10-8-12)14-6-5-11-3-1-2-4-13(11)17-14/h11-14,17H,1-10H2,(H,16,18). The Labute approximate surface area is 123 Å². The van der Waals surface area contributed by atoms with Crippen LogP contribution in [-0.4, -0.2) is 39.7 Å². The van der Waals surface area contributed by atoms with E-state index < -0.39 is 10.8 Å². The van der Waals surface area contributed by atoms with Gasteiger partial charge in [0, 0.05) is 34.4 Å². The minimum absolute atomic E-state index is 0.00164. The fraction of sp³-hybridized carbons (Fsp3) is 0.933. The zero-order valence-electron chi connectivity index (χ0n) is 12.1. The second-order valence-electron chi connectivity index (χ2n) is 6.58. The molecule has 1 saturated carbocycles. The lowest BCUT2D eigenvalue weighted by Crippen LogP contribution is -2.56. The summed E-state index contributed by atoms with van der Waals surface area (Å²) in [6.07, 6.45) is 9.15. The van der Waals surface area contributed by atoms with Crippen molar-refractivity contribution in [1.29, 1.82) is 0 Å². The van der Waals surface area contributed by atoms with E-state index in [1.165, 1.54) is 32.1 Å². The lowest BCUT2D eigenvalue weighted by Gasteiger charge is -2.40. The van der Waals surface area contributed by atoms with Crippen LogP contribution in [0.3, 0.4) is 0 Å². The Hall–Kier alpha value is -0.420. The molecule has 20 heavy (non-hydrogen) atoms. The SMILES string of the molecule is O=C(NC1CCS(=O)CC1)C1CCC2CCCCC2N1. The molecule has 0 aromatic rings. The van der Waals surface area contributed by atoms with Crippen molar-refractivity contribution in [3.8, 4) is 0 Å². The van der Waals surface area contributed by atoms with Crippen LogP contribution in [-0.2, 0) is 15.6 Å². The van der Waals surface area contributed by atoms with Crippen LogP contribution >= 0.6 is 0 Å². The molecule has 3 rings (SSSR count). The molecule has 3 unspecified atom stereocenters. The lowest BCUT2D eigenvalue weighted by atomic mass is 9.77. The topological polar surface area (TPSA) is 58.2 Å². The summed E-state index contributed by atoms with van der Waals surface area (Å²) < 4.78 is 11.3. The van der Waals surface area contributed by atoms with Gasteiger partial charge in [0.25, 0.3) is 0 Å². The van der Waals surface area contributed by atoms with E-state index in [0.29, 0.717) is 6.04 Å². The quantitative estimate of drug-likeness (QED) is 0.808. The van der Waals surface area contributed by atoms with Gasteiger partial charge in [0.2, 0.25) is 5.91 Å². The van der Waals surface area contributed by atoms with Crippen LogP contribution in [0.15, 0.2) is 0 Å². The number of carbonyl (C=O) groups is 1. The number of nitrogens with one attached hydrogen (secondary N) is 2. The van der Waals surface area contributed by atoms with E-state index in [1.807, 2.05) is 0 Å². The van der Waals surface area contributed by atoms with E-state index in [9.17, 15) is 9.00 Å². The summed E-state index contributed by atoms with van der Waals surface area (Å²) in [5.41, 5.74) is 0. The summed E-state index contributed by atoms with van der Waals surface area (Å²) in [5, 5.41) is 6.75. The van der Waals surface area contributed by atoms with E-state index in [0.717, 1.165) is 36.7 Å². The van der Waals surface area contributed by atoms with Gasteiger partial charge >= 0.3 is 0 Å². The number of amides is 1. The molecule has 3 atom stereocenters. The fourth-order valence-electron chi connectivity index (χ4n) is 3.94. The molecule has 3 fully saturated rings. The molecule has 0 radical (unpaired) electrons.